The van der Waals surface area contributed by atoms with Crippen molar-refractivity contribution in [2.75, 3.05) is 12.3 Å². The van der Waals surface area contributed by atoms with Crippen molar-refractivity contribution in [2.24, 2.45) is 0 Å². The highest BCUT2D eigenvalue weighted by Crippen LogP contribution is 2.27. The second-order valence-corrected chi connectivity index (χ2v) is 3.77. The monoisotopic (exact) mass is 243 g/mol. The van der Waals surface area contributed by atoms with Crippen LogP contribution in [0.2, 0.25) is 0 Å². The molecule has 0 saturated carbocycles. The predicted molar refractivity (Wildman–Crippen MR) is 55.9 cm³/mol. The molecule has 5 N–H and O–H groups in total. The Morgan fingerprint density at radius 2 is 2.18 bits per heavy atom. The fourth-order valence-electron chi connectivity index (χ4n) is 1.73. The molecule has 94 valence electrons. The second kappa shape index (κ2) is 4.41. The fraction of sp³-hybridized carbons (Fsp3) is 0.556. The molecule has 0 amide bonds. The summed E-state index contributed by atoms with van der Waals surface area (Å²) in [5.74, 6) is 0.0537. The van der Waals surface area contributed by atoms with Gasteiger partial charge in [-0.25, -0.2) is 4.79 Å². The molecular weight excluding hydrogens is 230 g/mol. The van der Waals surface area contributed by atoms with E-state index in [1.54, 1.807) is 0 Å². The van der Waals surface area contributed by atoms with Crippen molar-refractivity contribution < 1.29 is 20.1 Å². The van der Waals surface area contributed by atoms with Crippen molar-refractivity contribution >= 4 is 5.82 Å². The number of rotatable bonds is 2. The standard InChI is InChI=1S/C9H13N3O5/c10-5-1-2-12(9(16)11-5)8-7(15)6(14)4(3-13)17-8/h1-2,4,6-8,13-15H,3H2,(H2,10,11,16)/t4-,6?,7-,8-/m1/s1. The first-order chi connectivity index (χ1) is 8.04. The number of aliphatic hydroxyl groups is 3. The first-order valence-corrected chi connectivity index (χ1v) is 5.01. The lowest BCUT2D eigenvalue weighted by atomic mass is 10.1. The van der Waals surface area contributed by atoms with E-state index in [1.807, 2.05) is 0 Å². The summed E-state index contributed by atoms with van der Waals surface area (Å²) in [6, 6.07) is 1.37. The van der Waals surface area contributed by atoms with Gasteiger partial charge in [-0.15, -0.1) is 0 Å². The van der Waals surface area contributed by atoms with E-state index < -0.39 is 36.8 Å². The van der Waals surface area contributed by atoms with Gasteiger partial charge in [0.25, 0.3) is 0 Å². The molecule has 0 aromatic carbocycles. The molecule has 1 aliphatic rings. The maximum absolute atomic E-state index is 11.5. The van der Waals surface area contributed by atoms with E-state index in [1.165, 1.54) is 12.3 Å². The highest BCUT2D eigenvalue weighted by Gasteiger charge is 2.43. The van der Waals surface area contributed by atoms with Crippen molar-refractivity contribution in [3.05, 3.63) is 22.7 Å². The van der Waals surface area contributed by atoms with Crippen molar-refractivity contribution in [1.82, 2.24) is 9.55 Å². The SMILES string of the molecule is Nc1ccn([C@@H]2O[C@H](CO)C(O)[C@H]2O)c(=O)n1. The molecule has 2 rings (SSSR count). The van der Waals surface area contributed by atoms with Gasteiger partial charge in [0.15, 0.2) is 6.23 Å². The molecule has 1 aromatic rings. The third-order valence-electron chi connectivity index (χ3n) is 2.64. The molecule has 1 aromatic heterocycles. The van der Waals surface area contributed by atoms with Crippen LogP contribution in [-0.2, 0) is 4.74 Å². The molecule has 1 aliphatic heterocycles. The molecule has 17 heavy (non-hydrogen) atoms. The third kappa shape index (κ3) is 2.03. The number of aliphatic hydroxyl groups excluding tert-OH is 3. The van der Waals surface area contributed by atoms with Gasteiger partial charge in [0.05, 0.1) is 6.61 Å². The Balaban J connectivity index is 2.32. The van der Waals surface area contributed by atoms with Crippen LogP contribution >= 0.6 is 0 Å². The number of nitrogen functional groups attached to an aromatic ring is 1. The van der Waals surface area contributed by atoms with Gasteiger partial charge in [0, 0.05) is 6.20 Å². The molecule has 2 heterocycles. The Kier molecular flexibility index (Phi) is 3.11. The van der Waals surface area contributed by atoms with E-state index >= 15 is 0 Å². The molecule has 1 saturated heterocycles. The van der Waals surface area contributed by atoms with Crippen LogP contribution in [0, 0.1) is 0 Å². The van der Waals surface area contributed by atoms with Gasteiger partial charge in [-0.05, 0) is 6.07 Å². The minimum absolute atomic E-state index is 0.0537. The molecule has 1 unspecified atom stereocenters. The Bertz CT molecular complexity index is 462. The number of hydrogen-bond donors (Lipinski definition) is 4. The summed E-state index contributed by atoms with van der Waals surface area (Å²) in [4.78, 5) is 15.0. The van der Waals surface area contributed by atoms with Crippen LogP contribution in [0.4, 0.5) is 5.82 Å². The van der Waals surface area contributed by atoms with E-state index in [9.17, 15) is 15.0 Å². The zero-order valence-corrected chi connectivity index (χ0v) is 8.80. The predicted octanol–water partition coefficient (Wildman–Crippen LogP) is -2.56. The summed E-state index contributed by atoms with van der Waals surface area (Å²) >= 11 is 0. The average molecular weight is 243 g/mol. The molecule has 0 bridgehead atoms. The van der Waals surface area contributed by atoms with E-state index in [0.717, 1.165) is 4.57 Å². The summed E-state index contributed by atoms with van der Waals surface area (Å²) in [6.45, 7) is -0.453. The minimum atomic E-state index is -1.31. The number of ether oxygens (including phenoxy) is 1. The summed E-state index contributed by atoms with van der Waals surface area (Å²) in [6.07, 6.45) is -3.27. The van der Waals surface area contributed by atoms with Crippen LogP contribution in [0.5, 0.6) is 0 Å². The van der Waals surface area contributed by atoms with E-state index in [-0.39, 0.29) is 5.82 Å². The van der Waals surface area contributed by atoms with E-state index in [2.05, 4.69) is 4.98 Å². The Hall–Kier alpha value is -1.48. The molecular formula is C9H13N3O5. The lowest BCUT2D eigenvalue weighted by Crippen LogP contribution is -2.36. The highest BCUT2D eigenvalue weighted by atomic mass is 16.6. The van der Waals surface area contributed by atoms with Crippen LogP contribution in [0.15, 0.2) is 17.1 Å². The molecule has 8 heteroatoms. The Morgan fingerprint density at radius 1 is 1.47 bits per heavy atom. The molecule has 4 atom stereocenters. The van der Waals surface area contributed by atoms with Crippen LogP contribution in [0.1, 0.15) is 6.23 Å². The number of hydrogen-bond acceptors (Lipinski definition) is 7. The summed E-state index contributed by atoms with van der Waals surface area (Å²) in [5, 5.41) is 28.2. The quantitative estimate of drug-likeness (QED) is 0.449. The largest absolute Gasteiger partial charge is 0.394 e. The van der Waals surface area contributed by atoms with Gasteiger partial charge in [-0.3, -0.25) is 4.57 Å². The first-order valence-electron chi connectivity index (χ1n) is 5.01. The number of nitrogens with zero attached hydrogens (tertiary/aromatic N) is 2. The molecule has 1 fully saturated rings. The number of nitrogens with two attached hydrogens (primary N) is 1. The lowest BCUT2D eigenvalue weighted by molar-refractivity contribution is -0.0549. The van der Waals surface area contributed by atoms with Crippen LogP contribution in [-0.4, -0.2) is 49.8 Å². The number of anilines is 1. The van der Waals surface area contributed by atoms with Crippen LogP contribution in [0.25, 0.3) is 0 Å². The third-order valence-corrected chi connectivity index (χ3v) is 2.64. The van der Waals surface area contributed by atoms with Gasteiger partial charge >= 0.3 is 5.69 Å². The zero-order valence-electron chi connectivity index (χ0n) is 8.80. The maximum atomic E-state index is 11.5. The lowest BCUT2D eigenvalue weighted by Gasteiger charge is -2.16. The van der Waals surface area contributed by atoms with Crippen molar-refractivity contribution in [2.45, 2.75) is 24.5 Å². The van der Waals surface area contributed by atoms with Crippen molar-refractivity contribution in [3.8, 4) is 0 Å². The van der Waals surface area contributed by atoms with Crippen LogP contribution in [0.3, 0.4) is 0 Å². The minimum Gasteiger partial charge on any atom is -0.394 e. The summed E-state index contributed by atoms with van der Waals surface area (Å²) in [7, 11) is 0. The Morgan fingerprint density at radius 3 is 2.71 bits per heavy atom. The number of aromatic nitrogens is 2. The highest BCUT2D eigenvalue weighted by molar-refractivity contribution is 5.23. The summed E-state index contributed by atoms with van der Waals surface area (Å²) in [5.41, 5.74) is 4.63. The van der Waals surface area contributed by atoms with Gasteiger partial charge in [0.1, 0.15) is 24.1 Å². The zero-order chi connectivity index (χ0) is 12.6. The van der Waals surface area contributed by atoms with Crippen molar-refractivity contribution in [3.63, 3.8) is 0 Å². The van der Waals surface area contributed by atoms with Crippen LogP contribution < -0.4 is 11.4 Å². The smallest absolute Gasteiger partial charge is 0.351 e. The van der Waals surface area contributed by atoms with Gasteiger partial charge in [-0.1, -0.05) is 0 Å². The summed E-state index contributed by atoms with van der Waals surface area (Å²) < 4.78 is 6.19. The molecule has 0 aliphatic carbocycles. The van der Waals surface area contributed by atoms with E-state index in [4.69, 9.17) is 15.6 Å². The van der Waals surface area contributed by atoms with Crippen molar-refractivity contribution in [1.29, 1.82) is 0 Å². The molecule has 8 nitrogen and oxygen atoms in total. The van der Waals surface area contributed by atoms with Gasteiger partial charge < -0.3 is 25.8 Å². The fourth-order valence-corrected chi connectivity index (χ4v) is 1.73. The first kappa shape index (κ1) is 12.0. The normalized spacial score (nSPS) is 32.9. The second-order valence-electron chi connectivity index (χ2n) is 3.77. The van der Waals surface area contributed by atoms with Gasteiger partial charge in [-0.2, -0.15) is 4.98 Å². The van der Waals surface area contributed by atoms with E-state index in [0.29, 0.717) is 0 Å². The maximum Gasteiger partial charge on any atom is 0.351 e. The Labute approximate surface area is 95.9 Å². The topological polar surface area (TPSA) is 131 Å². The van der Waals surface area contributed by atoms with Gasteiger partial charge in [0.2, 0.25) is 0 Å². The molecule has 0 spiro atoms. The average Bonchev–Trinajstić information content (AvgIpc) is 2.57. The molecule has 0 radical (unpaired) electrons.